The molecule has 0 saturated carbocycles. The molecule has 0 radical (unpaired) electrons. The molecule has 0 spiro atoms. The van der Waals surface area contributed by atoms with Gasteiger partial charge in [-0.2, -0.15) is 0 Å². The molecule has 3 nitrogen and oxygen atoms in total. The third-order valence-electron chi connectivity index (χ3n) is 3.23. The molecule has 0 aliphatic rings. The Morgan fingerprint density at radius 1 is 1.14 bits per heavy atom. The first-order chi connectivity index (χ1) is 10.2. The lowest BCUT2D eigenvalue weighted by molar-refractivity contribution is 0.0916. The number of aliphatic hydroxyl groups excluding tert-OH is 1. The summed E-state index contributed by atoms with van der Waals surface area (Å²) in [6.45, 7) is -0.0798. The molecular weight excluding hydrogens is 282 g/mol. The maximum absolute atomic E-state index is 12.2. The summed E-state index contributed by atoms with van der Waals surface area (Å²) in [5.41, 5.74) is 1.70. The molecule has 2 aromatic carbocycles. The Hall–Kier alpha value is -1.78. The molecule has 21 heavy (non-hydrogen) atoms. The van der Waals surface area contributed by atoms with E-state index in [9.17, 15) is 9.90 Å². The Bertz CT molecular complexity index is 569. The molecule has 2 N–H and O–H groups in total. The molecule has 1 amide bonds. The van der Waals surface area contributed by atoms with E-state index in [1.54, 1.807) is 23.9 Å². The minimum atomic E-state index is -0.278. The zero-order chi connectivity index (χ0) is 15.1. The topological polar surface area (TPSA) is 49.3 Å². The average molecular weight is 301 g/mol. The number of hydrogen-bond donors (Lipinski definition) is 2. The van der Waals surface area contributed by atoms with E-state index in [0.717, 1.165) is 10.5 Å². The first kappa shape index (κ1) is 15.6. The SMILES string of the molecule is CSc1ccc(C(=O)NC(CO)Cc2ccccc2)cc1. The van der Waals surface area contributed by atoms with Crippen molar-refractivity contribution in [3.05, 3.63) is 65.7 Å². The summed E-state index contributed by atoms with van der Waals surface area (Å²) >= 11 is 1.64. The van der Waals surface area contributed by atoms with Crippen LogP contribution in [0.5, 0.6) is 0 Å². The molecule has 0 heterocycles. The van der Waals surface area contributed by atoms with Crippen LogP contribution in [0.15, 0.2) is 59.5 Å². The van der Waals surface area contributed by atoms with Crippen molar-refractivity contribution < 1.29 is 9.90 Å². The average Bonchev–Trinajstić information content (AvgIpc) is 2.55. The predicted octanol–water partition coefficient (Wildman–Crippen LogP) is 2.74. The highest BCUT2D eigenvalue weighted by molar-refractivity contribution is 7.98. The molecule has 0 aliphatic heterocycles. The summed E-state index contributed by atoms with van der Waals surface area (Å²) in [5.74, 6) is -0.155. The van der Waals surface area contributed by atoms with Crippen LogP contribution in [-0.2, 0) is 6.42 Å². The zero-order valence-corrected chi connectivity index (χ0v) is 12.8. The van der Waals surface area contributed by atoms with Gasteiger partial charge < -0.3 is 10.4 Å². The van der Waals surface area contributed by atoms with Gasteiger partial charge in [0.05, 0.1) is 12.6 Å². The van der Waals surface area contributed by atoms with E-state index < -0.39 is 0 Å². The number of nitrogens with one attached hydrogen (secondary N) is 1. The predicted molar refractivity (Wildman–Crippen MR) is 86.7 cm³/mol. The van der Waals surface area contributed by atoms with Gasteiger partial charge in [0, 0.05) is 10.5 Å². The van der Waals surface area contributed by atoms with Crippen molar-refractivity contribution in [3.63, 3.8) is 0 Å². The second-order valence-corrected chi connectivity index (χ2v) is 5.65. The highest BCUT2D eigenvalue weighted by Crippen LogP contribution is 2.15. The van der Waals surface area contributed by atoms with Crippen LogP contribution >= 0.6 is 11.8 Å². The van der Waals surface area contributed by atoms with Crippen molar-refractivity contribution in [2.45, 2.75) is 17.4 Å². The van der Waals surface area contributed by atoms with E-state index in [-0.39, 0.29) is 18.6 Å². The Morgan fingerprint density at radius 2 is 1.81 bits per heavy atom. The number of amides is 1. The summed E-state index contributed by atoms with van der Waals surface area (Å²) in [5, 5.41) is 12.3. The molecule has 110 valence electrons. The van der Waals surface area contributed by atoms with Crippen molar-refractivity contribution in [2.24, 2.45) is 0 Å². The van der Waals surface area contributed by atoms with Crippen LogP contribution in [-0.4, -0.2) is 29.9 Å². The lowest BCUT2D eigenvalue weighted by Gasteiger charge is -2.16. The van der Waals surface area contributed by atoms with Gasteiger partial charge in [0.25, 0.3) is 5.91 Å². The minimum Gasteiger partial charge on any atom is -0.394 e. The van der Waals surface area contributed by atoms with Gasteiger partial charge in [0.1, 0.15) is 0 Å². The van der Waals surface area contributed by atoms with Crippen LogP contribution in [0.1, 0.15) is 15.9 Å². The molecule has 4 heteroatoms. The molecule has 0 bridgehead atoms. The van der Waals surface area contributed by atoms with Crippen LogP contribution in [0.25, 0.3) is 0 Å². The molecule has 0 saturated heterocycles. The standard InChI is InChI=1S/C17H19NO2S/c1-21-16-9-7-14(8-10-16)17(20)18-15(12-19)11-13-5-3-2-4-6-13/h2-10,15,19H,11-12H2,1H3,(H,18,20). The molecule has 0 fully saturated rings. The maximum Gasteiger partial charge on any atom is 0.251 e. The van der Waals surface area contributed by atoms with Crippen molar-refractivity contribution in [1.82, 2.24) is 5.32 Å². The molecule has 2 aromatic rings. The summed E-state index contributed by atoms with van der Waals surface area (Å²) in [4.78, 5) is 13.3. The van der Waals surface area contributed by atoms with Gasteiger partial charge in [0.15, 0.2) is 0 Å². The highest BCUT2D eigenvalue weighted by Gasteiger charge is 2.13. The number of thioether (sulfide) groups is 1. The summed E-state index contributed by atoms with van der Waals surface area (Å²) in [7, 11) is 0. The van der Waals surface area contributed by atoms with Gasteiger partial charge in [-0.3, -0.25) is 4.79 Å². The second-order valence-electron chi connectivity index (χ2n) is 4.77. The van der Waals surface area contributed by atoms with E-state index in [2.05, 4.69) is 5.32 Å². The third kappa shape index (κ3) is 4.62. The van der Waals surface area contributed by atoms with Crippen molar-refractivity contribution in [1.29, 1.82) is 0 Å². The lowest BCUT2D eigenvalue weighted by Crippen LogP contribution is -2.39. The van der Waals surface area contributed by atoms with Gasteiger partial charge in [-0.15, -0.1) is 11.8 Å². The third-order valence-corrected chi connectivity index (χ3v) is 3.98. The van der Waals surface area contributed by atoms with E-state index in [1.165, 1.54) is 0 Å². The quantitative estimate of drug-likeness (QED) is 0.807. The molecule has 1 unspecified atom stereocenters. The fraction of sp³-hybridized carbons (Fsp3) is 0.235. The summed E-state index contributed by atoms with van der Waals surface area (Å²) in [6.07, 6.45) is 2.61. The molecule has 0 aliphatic carbocycles. The first-order valence-electron chi connectivity index (χ1n) is 6.82. The summed E-state index contributed by atoms with van der Waals surface area (Å²) in [6, 6.07) is 17.0. The molecule has 0 aromatic heterocycles. The number of carbonyl (C=O) groups is 1. The van der Waals surface area contributed by atoms with Gasteiger partial charge >= 0.3 is 0 Å². The Kier molecular flexibility index (Phi) is 5.84. The van der Waals surface area contributed by atoms with E-state index >= 15 is 0 Å². The van der Waals surface area contributed by atoms with Gasteiger partial charge in [-0.25, -0.2) is 0 Å². The Labute approximate surface area is 129 Å². The van der Waals surface area contributed by atoms with Gasteiger partial charge in [0.2, 0.25) is 0 Å². The van der Waals surface area contributed by atoms with Crippen LogP contribution in [0.4, 0.5) is 0 Å². The number of hydrogen-bond acceptors (Lipinski definition) is 3. The molecule has 1 atom stereocenters. The number of carbonyl (C=O) groups excluding carboxylic acids is 1. The largest absolute Gasteiger partial charge is 0.394 e. The monoisotopic (exact) mass is 301 g/mol. The zero-order valence-electron chi connectivity index (χ0n) is 12.0. The van der Waals surface area contributed by atoms with E-state index in [4.69, 9.17) is 0 Å². The smallest absolute Gasteiger partial charge is 0.251 e. The Balaban J connectivity index is 1.98. The number of rotatable bonds is 6. The fourth-order valence-electron chi connectivity index (χ4n) is 2.07. The van der Waals surface area contributed by atoms with Crippen molar-refractivity contribution >= 4 is 17.7 Å². The van der Waals surface area contributed by atoms with Crippen molar-refractivity contribution in [2.75, 3.05) is 12.9 Å². The molecular formula is C17H19NO2S. The molecule has 2 rings (SSSR count). The van der Waals surface area contributed by atoms with E-state index in [0.29, 0.717) is 12.0 Å². The van der Waals surface area contributed by atoms with Gasteiger partial charge in [-0.05, 0) is 42.5 Å². The minimum absolute atomic E-state index is 0.0798. The fourth-order valence-corrected chi connectivity index (χ4v) is 2.48. The number of aliphatic hydroxyl groups is 1. The van der Waals surface area contributed by atoms with E-state index in [1.807, 2.05) is 48.7 Å². The van der Waals surface area contributed by atoms with Gasteiger partial charge in [-0.1, -0.05) is 30.3 Å². The van der Waals surface area contributed by atoms with Crippen LogP contribution in [0.3, 0.4) is 0 Å². The van der Waals surface area contributed by atoms with Crippen molar-refractivity contribution in [3.8, 4) is 0 Å². The Morgan fingerprint density at radius 3 is 2.38 bits per heavy atom. The lowest BCUT2D eigenvalue weighted by atomic mass is 10.1. The number of benzene rings is 2. The maximum atomic E-state index is 12.2. The normalized spacial score (nSPS) is 11.9. The first-order valence-corrected chi connectivity index (χ1v) is 8.05. The van der Waals surface area contributed by atoms with Crippen LogP contribution < -0.4 is 5.32 Å². The highest BCUT2D eigenvalue weighted by atomic mass is 32.2. The van der Waals surface area contributed by atoms with Crippen LogP contribution in [0.2, 0.25) is 0 Å². The second kappa shape index (κ2) is 7.86. The van der Waals surface area contributed by atoms with Crippen LogP contribution in [0, 0.1) is 0 Å². The summed E-state index contributed by atoms with van der Waals surface area (Å²) < 4.78 is 0.